The third-order valence-corrected chi connectivity index (χ3v) is 5.35. The number of amides is 1. The van der Waals surface area contributed by atoms with Gasteiger partial charge in [0.1, 0.15) is 0 Å². The Morgan fingerprint density at radius 2 is 1.15 bits per heavy atom. The van der Waals surface area contributed by atoms with Gasteiger partial charge in [-0.1, -0.05) is 59.8 Å². The van der Waals surface area contributed by atoms with Gasteiger partial charge in [-0.25, -0.2) is 0 Å². The highest BCUT2D eigenvalue weighted by atomic mass is 19.0. The molecule has 1 saturated heterocycles. The lowest BCUT2D eigenvalue weighted by molar-refractivity contribution is -0.929. The minimum absolute atomic E-state index is 0. The van der Waals surface area contributed by atoms with Crippen molar-refractivity contribution < 1.29 is 14.0 Å². The molecule has 26 heavy (non-hydrogen) atoms. The molecule has 1 fully saturated rings. The first kappa shape index (κ1) is 27.6. The average molecular weight is 375 g/mol. The van der Waals surface area contributed by atoms with Crippen LogP contribution < -0.4 is 10.0 Å². The van der Waals surface area contributed by atoms with Gasteiger partial charge in [0, 0.05) is 13.0 Å². The number of nitrogens with zero attached hydrogens (tertiary/aromatic N) is 1. The highest BCUT2D eigenvalue weighted by Crippen LogP contribution is 2.16. The van der Waals surface area contributed by atoms with E-state index in [-0.39, 0.29) is 10.6 Å². The molecule has 0 aliphatic carbocycles. The first-order valence-corrected chi connectivity index (χ1v) is 11.3. The van der Waals surface area contributed by atoms with Gasteiger partial charge in [-0.15, -0.1) is 0 Å². The lowest BCUT2D eigenvalue weighted by Gasteiger charge is -2.39. The number of carbonyl (C=O) groups excluding carboxylic acids is 1. The minimum atomic E-state index is 0. The molecule has 0 aromatic heterocycles. The van der Waals surface area contributed by atoms with E-state index in [2.05, 4.69) is 33.0 Å². The van der Waals surface area contributed by atoms with Gasteiger partial charge in [-0.3, -0.25) is 4.79 Å². The van der Waals surface area contributed by atoms with Crippen LogP contribution in [-0.2, 0) is 4.79 Å². The second kappa shape index (κ2) is 19.1. The van der Waals surface area contributed by atoms with E-state index >= 15 is 0 Å². The third-order valence-electron chi connectivity index (χ3n) is 5.35. The summed E-state index contributed by atoms with van der Waals surface area (Å²) in [5.41, 5.74) is 0. The zero-order chi connectivity index (χ0) is 18.8. The second-order valence-corrected chi connectivity index (χ2v) is 7.81. The molecule has 0 radical (unpaired) electrons. The van der Waals surface area contributed by atoms with Crippen LogP contribution in [-0.4, -0.2) is 43.1 Å². The van der Waals surface area contributed by atoms with Crippen molar-refractivity contribution in [2.24, 2.45) is 0 Å². The van der Waals surface area contributed by atoms with Crippen LogP contribution in [0.3, 0.4) is 0 Å². The molecule has 1 N–H and O–H groups in total. The lowest BCUT2D eigenvalue weighted by Crippen LogP contribution is -3.00. The van der Waals surface area contributed by atoms with Crippen LogP contribution in [0.15, 0.2) is 0 Å². The van der Waals surface area contributed by atoms with Crippen LogP contribution in [0, 0.1) is 0 Å². The number of hydrogen-bond donors (Lipinski definition) is 1. The number of nitrogens with one attached hydrogen (secondary N) is 1. The van der Waals surface area contributed by atoms with Gasteiger partial charge in [0.15, 0.2) is 0 Å². The predicted molar refractivity (Wildman–Crippen MR) is 111 cm³/mol. The lowest BCUT2D eigenvalue weighted by atomic mass is 10.1. The summed E-state index contributed by atoms with van der Waals surface area (Å²) in [6, 6.07) is 0. The van der Waals surface area contributed by atoms with Crippen molar-refractivity contribution in [3.63, 3.8) is 0 Å². The molecular formula is C22H47FN2O. The number of carbonyl (C=O) groups is 1. The fourth-order valence-corrected chi connectivity index (χ4v) is 3.55. The Morgan fingerprint density at radius 1 is 0.731 bits per heavy atom. The Labute approximate surface area is 163 Å². The monoisotopic (exact) mass is 374 g/mol. The largest absolute Gasteiger partial charge is 1.00 e. The Morgan fingerprint density at radius 3 is 1.54 bits per heavy atom. The molecule has 0 spiro atoms. The zero-order valence-corrected chi connectivity index (χ0v) is 18.3. The van der Waals surface area contributed by atoms with Gasteiger partial charge >= 0.3 is 0 Å². The molecule has 1 aliphatic heterocycles. The maximum atomic E-state index is 10.6. The molecular weight excluding hydrogens is 327 g/mol. The Balaban J connectivity index is 0. The first-order valence-electron chi connectivity index (χ1n) is 11.3. The minimum Gasteiger partial charge on any atom is -1.00 e. The normalized spacial score (nSPS) is 14.5. The topological polar surface area (TPSA) is 29.1 Å². The number of halogens is 1. The summed E-state index contributed by atoms with van der Waals surface area (Å²) < 4.78 is 1.42. The molecule has 0 atom stereocenters. The number of hydrogen-bond acceptors (Lipinski definition) is 1. The van der Waals surface area contributed by atoms with Crippen molar-refractivity contribution in [1.82, 2.24) is 5.32 Å². The average Bonchev–Trinajstić information content (AvgIpc) is 2.88. The highest BCUT2D eigenvalue weighted by molar-refractivity contribution is 5.75. The summed E-state index contributed by atoms with van der Waals surface area (Å²) in [5.74, 6) is 0.225. The molecule has 1 heterocycles. The maximum absolute atomic E-state index is 10.6. The molecule has 1 aliphatic rings. The number of quaternary nitrogens is 1. The van der Waals surface area contributed by atoms with Gasteiger partial charge in [-0.2, -0.15) is 0 Å². The molecule has 0 saturated carbocycles. The van der Waals surface area contributed by atoms with E-state index in [9.17, 15) is 4.79 Å². The van der Waals surface area contributed by atoms with E-state index in [1.54, 1.807) is 0 Å². The van der Waals surface area contributed by atoms with Gasteiger partial charge < -0.3 is 14.5 Å². The summed E-state index contributed by atoms with van der Waals surface area (Å²) in [4.78, 5) is 10.6. The van der Waals surface area contributed by atoms with Crippen LogP contribution in [0.5, 0.6) is 0 Å². The fraction of sp³-hybridized carbons (Fsp3) is 0.955. The maximum Gasteiger partial charge on any atom is 0.219 e. The molecule has 0 aromatic carbocycles. The van der Waals surface area contributed by atoms with E-state index in [1.807, 2.05) is 0 Å². The zero-order valence-electron chi connectivity index (χ0n) is 18.3. The Hall–Kier alpha value is -0.640. The molecule has 0 bridgehead atoms. The molecule has 4 heteroatoms. The van der Waals surface area contributed by atoms with Crippen molar-refractivity contribution >= 4 is 5.91 Å². The van der Waals surface area contributed by atoms with E-state index in [4.69, 9.17) is 0 Å². The van der Waals surface area contributed by atoms with Gasteiger partial charge in [-0.05, 0) is 38.5 Å². The van der Waals surface area contributed by atoms with E-state index in [0.717, 1.165) is 25.8 Å². The smallest absolute Gasteiger partial charge is 0.219 e. The van der Waals surface area contributed by atoms with Crippen molar-refractivity contribution in [3.8, 4) is 0 Å². The molecule has 158 valence electrons. The van der Waals surface area contributed by atoms with Crippen molar-refractivity contribution in [1.29, 1.82) is 0 Å². The molecule has 1 amide bonds. The van der Waals surface area contributed by atoms with E-state index < -0.39 is 0 Å². The summed E-state index contributed by atoms with van der Waals surface area (Å²) >= 11 is 0. The Kier molecular flexibility index (Phi) is 20.3. The molecule has 3 nitrogen and oxygen atoms in total. The van der Waals surface area contributed by atoms with Crippen LogP contribution in [0.1, 0.15) is 105 Å². The Bertz CT molecular complexity index is 263. The molecule has 0 unspecified atom stereocenters. The second-order valence-electron chi connectivity index (χ2n) is 7.81. The van der Waals surface area contributed by atoms with Crippen molar-refractivity contribution in [2.75, 3.05) is 32.7 Å². The SMILES string of the molecule is CCCC[N+](CCCC)(CCCC)CCCC.O=C1CCCCCN1.[F-]. The summed E-state index contributed by atoms with van der Waals surface area (Å²) in [7, 11) is 0. The van der Waals surface area contributed by atoms with E-state index in [1.165, 1.54) is 88.4 Å². The fourth-order valence-electron chi connectivity index (χ4n) is 3.55. The number of rotatable bonds is 12. The van der Waals surface area contributed by atoms with Gasteiger partial charge in [0.05, 0.1) is 26.2 Å². The van der Waals surface area contributed by atoms with E-state index in [0.29, 0.717) is 0 Å². The molecule has 0 aromatic rings. The number of unbranched alkanes of at least 4 members (excludes halogenated alkanes) is 4. The third kappa shape index (κ3) is 14.5. The van der Waals surface area contributed by atoms with Crippen LogP contribution in [0.4, 0.5) is 0 Å². The van der Waals surface area contributed by atoms with Gasteiger partial charge in [0.2, 0.25) is 5.91 Å². The molecule has 1 rings (SSSR count). The standard InChI is InChI=1S/C16H36N.C6H11NO.FH/c1-5-9-13-17(14-10-6-2,15-11-7-3)16-12-8-4;8-6-4-2-1-3-5-7-6;/h5-16H2,1-4H3;1-5H2,(H,7,8);1H/q+1;;/p-1. The van der Waals surface area contributed by atoms with Crippen LogP contribution in [0.25, 0.3) is 0 Å². The predicted octanol–water partition coefficient (Wildman–Crippen LogP) is 2.68. The highest BCUT2D eigenvalue weighted by Gasteiger charge is 2.24. The first-order chi connectivity index (χ1) is 12.1. The quantitative estimate of drug-likeness (QED) is 0.523. The summed E-state index contributed by atoms with van der Waals surface area (Å²) in [6.45, 7) is 15.9. The van der Waals surface area contributed by atoms with Crippen molar-refractivity contribution in [2.45, 2.75) is 105 Å². The van der Waals surface area contributed by atoms with Crippen molar-refractivity contribution in [3.05, 3.63) is 0 Å². The summed E-state index contributed by atoms with van der Waals surface area (Å²) in [6.07, 6.45) is 15.2. The van der Waals surface area contributed by atoms with Crippen LogP contribution in [0.2, 0.25) is 0 Å². The van der Waals surface area contributed by atoms with Gasteiger partial charge in [0.25, 0.3) is 0 Å². The van der Waals surface area contributed by atoms with Crippen LogP contribution >= 0.6 is 0 Å². The summed E-state index contributed by atoms with van der Waals surface area (Å²) in [5, 5.41) is 2.81.